The second kappa shape index (κ2) is 7.54. The third-order valence-corrected chi connectivity index (χ3v) is 6.09. The fourth-order valence-electron chi connectivity index (χ4n) is 4.55. The summed E-state index contributed by atoms with van der Waals surface area (Å²) in [5, 5.41) is 9.27. The van der Waals surface area contributed by atoms with Gasteiger partial charge in [0.05, 0.1) is 18.1 Å². The normalized spacial score (nSPS) is 21.0. The van der Waals surface area contributed by atoms with E-state index in [1.807, 2.05) is 15.4 Å². The molecule has 5 heterocycles. The van der Waals surface area contributed by atoms with Crippen molar-refractivity contribution in [3.63, 3.8) is 0 Å². The van der Waals surface area contributed by atoms with Crippen molar-refractivity contribution in [3.05, 3.63) is 42.1 Å². The Labute approximate surface area is 166 Å². The lowest BCUT2D eigenvalue weighted by molar-refractivity contribution is 0.196. The van der Waals surface area contributed by atoms with Gasteiger partial charge in [0.1, 0.15) is 0 Å². The summed E-state index contributed by atoms with van der Waals surface area (Å²) in [6.45, 7) is 8.47. The van der Waals surface area contributed by atoms with E-state index in [0.717, 1.165) is 50.7 Å². The molecule has 0 bridgehead atoms. The standard InChI is InChI=1S/C21H29N7/c1-2-27-14-17(12-22-27)13-25-9-5-6-18(15-25)21-23-20-8-7-19(16-28(20)24-21)26-10-3-4-11-26/h7-8,12,14,16,18H,2-6,9-11,13,15H2,1H3. The van der Waals surface area contributed by atoms with Crippen LogP contribution in [0.1, 0.15) is 49.9 Å². The molecule has 3 aromatic heterocycles. The van der Waals surface area contributed by atoms with Crippen molar-refractivity contribution < 1.29 is 0 Å². The number of aromatic nitrogens is 5. The van der Waals surface area contributed by atoms with E-state index >= 15 is 0 Å². The fraction of sp³-hybridized carbons (Fsp3) is 0.571. The zero-order chi connectivity index (χ0) is 18.9. The summed E-state index contributed by atoms with van der Waals surface area (Å²) >= 11 is 0. The van der Waals surface area contributed by atoms with Gasteiger partial charge in [-0.2, -0.15) is 10.2 Å². The number of aryl methyl sites for hydroxylation is 1. The Morgan fingerprint density at radius 2 is 1.96 bits per heavy atom. The van der Waals surface area contributed by atoms with Crippen molar-refractivity contribution in [3.8, 4) is 0 Å². The Morgan fingerprint density at radius 3 is 2.79 bits per heavy atom. The Bertz CT molecular complexity index is 937. The van der Waals surface area contributed by atoms with Crippen LogP contribution in [0.25, 0.3) is 5.65 Å². The molecule has 0 spiro atoms. The van der Waals surface area contributed by atoms with E-state index in [4.69, 9.17) is 10.1 Å². The minimum atomic E-state index is 0.408. The highest BCUT2D eigenvalue weighted by atomic mass is 15.3. The molecule has 1 unspecified atom stereocenters. The molecule has 0 amide bonds. The second-order valence-corrected chi connectivity index (χ2v) is 8.13. The summed E-state index contributed by atoms with van der Waals surface area (Å²) in [6.07, 6.45) is 11.2. The molecule has 2 aliphatic heterocycles. The van der Waals surface area contributed by atoms with E-state index in [9.17, 15) is 0 Å². The van der Waals surface area contributed by atoms with Crippen molar-refractivity contribution in [2.75, 3.05) is 31.1 Å². The largest absolute Gasteiger partial charge is 0.370 e. The van der Waals surface area contributed by atoms with Crippen molar-refractivity contribution in [1.29, 1.82) is 0 Å². The fourth-order valence-corrected chi connectivity index (χ4v) is 4.55. The SMILES string of the molecule is CCn1cc(CN2CCCC(c3nc4ccc(N5CCCC5)cn4n3)C2)cn1. The summed E-state index contributed by atoms with van der Waals surface area (Å²) in [5.74, 6) is 1.40. The molecule has 2 saturated heterocycles. The average Bonchev–Trinajstić information content (AvgIpc) is 3.47. The number of hydrogen-bond donors (Lipinski definition) is 0. The first-order valence-corrected chi connectivity index (χ1v) is 10.6. The molecule has 0 N–H and O–H groups in total. The van der Waals surface area contributed by atoms with Gasteiger partial charge in [0, 0.05) is 50.4 Å². The number of nitrogens with zero attached hydrogens (tertiary/aromatic N) is 7. The van der Waals surface area contributed by atoms with Crippen LogP contribution < -0.4 is 4.90 Å². The van der Waals surface area contributed by atoms with Gasteiger partial charge in [-0.1, -0.05) is 0 Å². The van der Waals surface area contributed by atoms with Gasteiger partial charge in [-0.25, -0.2) is 9.50 Å². The van der Waals surface area contributed by atoms with E-state index < -0.39 is 0 Å². The van der Waals surface area contributed by atoms with E-state index in [1.54, 1.807) is 0 Å². The topological polar surface area (TPSA) is 54.5 Å². The van der Waals surface area contributed by atoms with Crippen LogP contribution in [0.2, 0.25) is 0 Å². The maximum atomic E-state index is 4.86. The highest BCUT2D eigenvalue weighted by Gasteiger charge is 2.25. The van der Waals surface area contributed by atoms with Crippen LogP contribution in [0.4, 0.5) is 5.69 Å². The molecule has 0 aliphatic carbocycles. The summed E-state index contributed by atoms with van der Waals surface area (Å²) < 4.78 is 3.98. The summed E-state index contributed by atoms with van der Waals surface area (Å²) in [6, 6.07) is 4.31. The second-order valence-electron chi connectivity index (χ2n) is 8.13. The number of hydrogen-bond acceptors (Lipinski definition) is 5. The van der Waals surface area contributed by atoms with Gasteiger partial charge < -0.3 is 4.90 Å². The maximum absolute atomic E-state index is 4.86. The zero-order valence-electron chi connectivity index (χ0n) is 16.7. The molecule has 3 aromatic rings. The van der Waals surface area contributed by atoms with Crippen molar-refractivity contribution in [2.45, 2.75) is 51.6 Å². The Hall–Kier alpha value is -2.41. The molecule has 5 rings (SSSR count). The van der Waals surface area contributed by atoms with Crippen LogP contribution in [0, 0.1) is 0 Å². The number of likely N-dealkylation sites (tertiary alicyclic amines) is 1. The smallest absolute Gasteiger partial charge is 0.156 e. The lowest BCUT2D eigenvalue weighted by atomic mass is 9.97. The highest BCUT2D eigenvalue weighted by Crippen LogP contribution is 2.27. The molecular weight excluding hydrogens is 350 g/mol. The van der Waals surface area contributed by atoms with Crippen molar-refractivity contribution >= 4 is 11.3 Å². The molecule has 28 heavy (non-hydrogen) atoms. The summed E-state index contributed by atoms with van der Waals surface area (Å²) in [5.41, 5.74) is 3.51. The molecule has 0 saturated carbocycles. The van der Waals surface area contributed by atoms with Crippen LogP contribution in [0.5, 0.6) is 0 Å². The predicted octanol–water partition coefficient (Wildman–Crippen LogP) is 2.93. The zero-order valence-corrected chi connectivity index (χ0v) is 16.7. The van der Waals surface area contributed by atoms with Gasteiger partial charge in [-0.15, -0.1) is 0 Å². The molecule has 7 nitrogen and oxygen atoms in total. The first-order chi connectivity index (χ1) is 13.8. The molecule has 0 aromatic carbocycles. The molecule has 7 heteroatoms. The third-order valence-electron chi connectivity index (χ3n) is 6.09. The third kappa shape index (κ3) is 3.51. The molecule has 148 valence electrons. The minimum absolute atomic E-state index is 0.408. The van der Waals surface area contributed by atoms with Crippen LogP contribution in [0.15, 0.2) is 30.7 Å². The monoisotopic (exact) mass is 379 g/mol. The van der Waals surface area contributed by atoms with Gasteiger partial charge in [-0.3, -0.25) is 9.58 Å². The number of fused-ring (bicyclic) bond motifs is 1. The van der Waals surface area contributed by atoms with Crippen LogP contribution in [0.3, 0.4) is 0 Å². The van der Waals surface area contributed by atoms with Gasteiger partial charge in [0.25, 0.3) is 0 Å². The highest BCUT2D eigenvalue weighted by molar-refractivity contribution is 5.51. The number of pyridine rings is 1. The summed E-state index contributed by atoms with van der Waals surface area (Å²) in [4.78, 5) is 9.82. The predicted molar refractivity (Wildman–Crippen MR) is 110 cm³/mol. The van der Waals surface area contributed by atoms with E-state index in [2.05, 4.69) is 46.3 Å². The van der Waals surface area contributed by atoms with Gasteiger partial charge in [-0.05, 0) is 51.3 Å². The van der Waals surface area contributed by atoms with Crippen LogP contribution in [-0.2, 0) is 13.1 Å². The Morgan fingerprint density at radius 1 is 1.07 bits per heavy atom. The molecule has 2 aliphatic rings. The van der Waals surface area contributed by atoms with Gasteiger partial charge in [0.2, 0.25) is 0 Å². The number of anilines is 1. The molecule has 0 radical (unpaired) electrons. The Kier molecular flexibility index (Phi) is 4.76. The van der Waals surface area contributed by atoms with E-state index in [-0.39, 0.29) is 0 Å². The number of rotatable bonds is 5. The van der Waals surface area contributed by atoms with E-state index in [0.29, 0.717) is 5.92 Å². The van der Waals surface area contributed by atoms with Crippen molar-refractivity contribution in [1.82, 2.24) is 29.3 Å². The molecule has 1 atom stereocenters. The summed E-state index contributed by atoms with van der Waals surface area (Å²) in [7, 11) is 0. The minimum Gasteiger partial charge on any atom is -0.370 e. The van der Waals surface area contributed by atoms with Crippen LogP contribution in [-0.4, -0.2) is 55.5 Å². The Balaban J connectivity index is 1.31. The lowest BCUT2D eigenvalue weighted by Gasteiger charge is -2.30. The van der Waals surface area contributed by atoms with Gasteiger partial charge in [0.15, 0.2) is 11.5 Å². The first-order valence-electron chi connectivity index (χ1n) is 10.6. The van der Waals surface area contributed by atoms with E-state index in [1.165, 1.54) is 36.9 Å². The lowest BCUT2D eigenvalue weighted by Crippen LogP contribution is -2.34. The van der Waals surface area contributed by atoms with Crippen molar-refractivity contribution in [2.24, 2.45) is 0 Å². The molecule has 2 fully saturated rings. The first kappa shape index (κ1) is 17.7. The van der Waals surface area contributed by atoms with Crippen LogP contribution >= 0.6 is 0 Å². The van der Waals surface area contributed by atoms with Gasteiger partial charge >= 0.3 is 0 Å². The average molecular weight is 380 g/mol. The maximum Gasteiger partial charge on any atom is 0.156 e. The number of piperidine rings is 1. The molecular formula is C21H29N7. The quantitative estimate of drug-likeness (QED) is 0.682.